The van der Waals surface area contributed by atoms with Gasteiger partial charge in [-0.05, 0) is 18.1 Å². The Labute approximate surface area is 153 Å². The molecule has 0 atom stereocenters. The molecule has 0 spiro atoms. The van der Waals surface area contributed by atoms with Crippen LogP contribution in [0, 0.1) is 5.92 Å². The van der Waals surface area contributed by atoms with Crippen LogP contribution in [-0.4, -0.2) is 35.5 Å². The second-order valence-electron chi connectivity index (χ2n) is 6.54. The van der Waals surface area contributed by atoms with Crippen molar-refractivity contribution in [3.63, 3.8) is 0 Å². The second kappa shape index (κ2) is 6.98. The molecular weight excluding hydrogens is 352 g/mol. The first-order chi connectivity index (χ1) is 12.8. The molecule has 2 heterocycles. The molecule has 142 valence electrons. The predicted molar refractivity (Wildman–Crippen MR) is 101 cm³/mol. The van der Waals surface area contributed by atoms with Crippen LogP contribution in [0.1, 0.15) is 19.4 Å². The monoisotopic (exact) mass is 372 g/mol. The quantitative estimate of drug-likeness (QED) is 0.388. The van der Waals surface area contributed by atoms with Gasteiger partial charge >= 0.3 is 5.69 Å². The van der Waals surface area contributed by atoms with Gasteiger partial charge in [0.1, 0.15) is 11.5 Å². The second-order valence-corrected chi connectivity index (χ2v) is 6.54. The number of H-pyrrole nitrogens is 1. The Morgan fingerprint density at radius 2 is 2.07 bits per heavy atom. The maximum absolute atomic E-state index is 12.3. The van der Waals surface area contributed by atoms with Crippen molar-refractivity contribution in [1.82, 2.24) is 19.1 Å². The minimum absolute atomic E-state index is 0.0588. The number of hydrogen-bond acceptors (Lipinski definition) is 7. The van der Waals surface area contributed by atoms with Gasteiger partial charge in [0.15, 0.2) is 11.2 Å². The Morgan fingerprint density at radius 3 is 2.74 bits per heavy atom. The molecule has 0 aliphatic rings. The van der Waals surface area contributed by atoms with Crippen molar-refractivity contribution in [2.45, 2.75) is 20.4 Å². The molecule has 0 unspecified atom stereocenters. The van der Waals surface area contributed by atoms with Crippen molar-refractivity contribution in [3.8, 4) is 11.5 Å². The fourth-order valence-electron chi connectivity index (χ4n) is 2.66. The number of imidazole rings is 1. The van der Waals surface area contributed by atoms with E-state index in [-0.39, 0.29) is 28.6 Å². The fourth-order valence-corrected chi connectivity index (χ4v) is 2.66. The van der Waals surface area contributed by atoms with Gasteiger partial charge in [0.25, 0.3) is 5.56 Å². The average molecular weight is 372 g/mol. The molecule has 0 amide bonds. The average Bonchev–Trinajstić information content (AvgIpc) is 2.93. The zero-order valence-corrected chi connectivity index (χ0v) is 15.1. The lowest BCUT2D eigenvalue weighted by Gasteiger charge is -2.10. The number of nitrogens with zero attached hydrogens (tertiary/aromatic N) is 4. The molecule has 3 aromatic rings. The highest BCUT2D eigenvalue weighted by atomic mass is 16.3. The summed E-state index contributed by atoms with van der Waals surface area (Å²) in [6, 6.07) is 4.12. The van der Waals surface area contributed by atoms with Crippen molar-refractivity contribution in [1.29, 1.82) is 0 Å². The molecule has 27 heavy (non-hydrogen) atoms. The molecule has 0 fully saturated rings. The third kappa shape index (κ3) is 3.54. The summed E-state index contributed by atoms with van der Waals surface area (Å²) in [5.74, 6) is 0.316. The number of phenols is 2. The number of fused-ring (bicyclic) bond motifs is 1. The van der Waals surface area contributed by atoms with Crippen LogP contribution in [0.4, 0.5) is 5.95 Å². The van der Waals surface area contributed by atoms with Gasteiger partial charge in [-0.15, -0.1) is 0 Å². The van der Waals surface area contributed by atoms with Crippen LogP contribution in [-0.2, 0) is 13.6 Å². The first kappa shape index (κ1) is 18.2. The Kier molecular flexibility index (Phi) is 4.72. The highest BCUT2D eigenvalue weighted by Gasteiger charge is 2.17. The van der Waals surface area contributed by atoms with E-state index in [4.69, 9.17) is 0 Å². The fraction of sp³-hybridized carbons (Fsp3) is 0.294. The van der Waals surface area contributed by atoms with Crippen LogP contribution in [0.15, 0.2) is 32.9 Å². The van der Waals surface area contributed by atoms with Gasteiger partial charge in [-0.25, -0.2) is 10.2 Å². The van der Waals surface area contributed by atoms with Crippen LogP contribution < -0.4 is 16.7 Å². The van der Waals surface area contributed by atoms with Crippen molar-refractivity contribution in [2.75, 3.05) is 5.43 Å². The molecule has 10 heteroatoms. The molecule has 0 aliphatic carbocycles. The summed E-state index contributed by atoms with van der Waals surface area (Å²) in [5, 5.41) is 23.2. The summed E-state index contributed by atoms with van der Waals surface area (Å²) < 4.78 is 2.92. The largest absolute Gasteiger partial charge is 0.508 e. The van der Waals surface area contributed by atoms with Gasteiger partial charge in [0, 0.05) is 25.2 Å². The van der Waals surface area contributed by atoms with Gasteiger partial charge in [-0.1, -0.05) is 13.8 Å². The predicted octanol–water partition coefficient (Wildman–Crippen LogP) is 0.936. The number of benzene rings is 1. The number of aryl methyl sites for hydroxylation is 1. The smallest absolute Gasteiger partial charge is 0.329 e. The van der Waals surface area contributed by atoms with Crippen LogP contribution >= 0.6 is 0 Å². The van der Waals surface area contributed by atoms with Crippen molar-refractivity contribution < 1.29 is 10.2 Å². The standard InChI is InChI=1S/C17H20N6O4/c1-9(2)8-23-13-14(22(3)17(27)20-15(13)26)19-16(23)21-18-7-10-4-5-11(24)6-12(10)25/h4-7,9,24-25H,8H2,1-3H3,(H,19,21)(H,20,26,27). The molecular formula is C17H20N6O4. The molecule has 1 aromatic carbocycles. The number of hydrogen-bond donors (Lipinski definition) is 4. The number of anilines is 1. The lowest BCUT2D eigenvalue weighted by molar-refractivity contribution is 0.450. The Morgan fingerprint density at radius 1 is 1.33 bits per heavy atom. The zero-order chi connectivity index (χ0) is 19.7. The van der Waals surface area contributed by atoms with E-state index < -0.39 is 11.2 Å². The van der Waals surface area contributed by atoms with Gasteiger partial charge in [-0.2, -0.15) is 10.1 Å². The highest BCUT2D eigenvalue weighted by Crippen LogP contribution is 2.21. The van der Waals surface area contributed by atoms with Gasteiger partial charge in [-0.3, -0.25) is 14.3 Å². The first-order valence-corrected chi connectivity index (χ1v) is 8.28. The lowest BCUT2D eigenvalue weighted by atomic mass is 10.2. The summed E-state index contributed by atoms with van der Waals surface area (Å²) in [6.07, 6.45) is 1.36. The van der Waals surface area contributed by atoms with Crippen molar-refractivity contribution in [3.05, 3.63) is 44.6 Å². The molecule has 3 rings (SSSR count). The SMILES string of the molecule is CC(C)Cn1c(NN=Cc2ccc(O)cc2O)nc2c1c(=O)[nH]c(=O)n2C. The summed E-state index contributed by atoms with van der Waals surface area (Å²) >= 11 is 0. The van der Waals surface area contributed by atoms with Gasteiger partial charge in [0.05, 0.1) is 6.21 Å². The van der Waals surface area contributed by atoms with E-state index in [1.165, 1.54) is 36.0 Å². The summed E-state index contributed by atoms with van der Waals surface area (Å²) in [7, 11) is 1.52. The molecule has 0 saturated carbocycles. The third-order valence-corrected chi connectivity index (χ3v) is 3.94. The lowest BCUT2D eigenvalue weighted by Crippen LogP contribution is -2.29. The normalized spacial score (nSPS) is 11.7. The maximum atomic E-state index is 12.3. The molecule has 4 N–H and O–H groups in total. The summed E-state index contributed by atoms with van der Waals surface area (Å²) in [6.45, 7) is 4.47. The van der Waals surface area contributed by atoms with Crippen molar-refractivity contribution in [2.24, 2.45) is 18.1 Å². The number of nitrogens with one attached hydrogen (secondary N) is 2. The third-order valence-electron chi connectivity index (χ3n) is 3.94. The van der Waals surface area contributed by atoms with Crippen LogP contribution in [0.25, 0.3) is 11.2 Å². The van der Waals surface area contributed by atoms with E-state index in [0.717, 1.165) is 0 Å². The maximum Gasteiger partial charge on any atom is 0.329 e. The minimum Gasteiger partial charge on any atom is -0.508 e. The minimum atomic E-state index is -0.550. The molecule has 10 nitrogen and oxygen atoms in total. The number of rotatable bonds is 5. The summed E-state index contributed by atoms with van der Waals surface area (Å²) in [4.78, 5) is 30.7. The summed E-state index contributed by atoms with van der Waals surface area (Å²) in [5.41, 5.74) is 2.59. The topological polar surface area (TPSA) is 138 Å². The number of aromatic amines is 1. The van der Waals surface area contributed by atoms with Crippen molar-refractivity contribution >= 4 is 23.3 Å². The molecule has 2 aromatic heterocycles. The van der Waals surface area contributed by atoms with Crippen LogP contribution in [0.5, 0.6) is 11.5 Å². The molecule has 0 aliphatic heterocycles. The van der Waals surface area contributed by atoms with E-state index in [1.54, 1.807) is 4.57 Å². The van der Waals surface area contributed by atoms with E-state index >= 15 is 0 Å². The first-order valence-electron chi connectivity index (χ1n) is 8.28. The van der Waals surface area contributed by atoms with Gasteiger partial charge < -0.3 is 14.8 Å². The van der Waals surface area contributed by atoms with Gasteiger partial charge in [0.2, 0.25) is 5.95 Å². The Balaban J connectivity index is 2.04. The van der Waals surface area contributed by atoms with E-state index in [1.807, 2.05) is 13.8 Å². The number of aromatic hydroxyl groups is 2. The number of phenolic OH excluding ortho intramolecular Hbond substituents is 2. The molecule has 0 bridgehead atoms. The van der Waals surface area contributed by atoms with Crippen LogP contribution in [0.3, 0.4) is 0 Å². The number of aromatic nitrogens is 4. The Hall–Kier alpha value is -3.56. The van der Waals surface area contributed by atoms with Crippen LogP contribution in [0.2, 0.25) is 0 Å². The van der Waals surface area contributed by atoms with E-state index in [2.05, 4.69) is 20.5 Å². The molecule has 0 radical (unpaired) electrons. The zero-order valence-electron chi connectivity index (χ0n) is 15.1. The van der Waals surface area contributed by atoms with E-state index in [0.29, 0.717) is 18.1 Å². The highest BCUT2D eigenvalue weighted by molar-refractivity contribution is 5.84. The molecule has 0 saturated heterocycles. The Bertz CT molecular complexity index is 1140. The number of hydrazone groups is 1. The van der Waals surface area contributed by atoms with E-state index in [9.17, 15) is 19.8 Å².